The van der Waals surface area contributed by atoms with Crippen molar-refractivity contribution in [2.24, 2.45) is 5.11 Å². The Morgan fingerprint density at radius 2 is 2.12 bits per heavy atom. The van der Waals surface area contributed by atoms with Gasteiger partial charge in [0, 0.05) is 17.9 Å². The van der Waals surface area contributed by atoms with Gasteiger partial charge in [0.15, 0.2) is 0 Å². The van der Waals surface area contributed by atoms with Gasteiger partial charge in [-0.2, -0.15) is 0 Å². The highest BCUT2D eigenvalue weighted by atomic mass is 16.3. The Balaban J connectivity index is 2.37. The molecule has 1 rings (SSSR count). The fourth-order valence-corrected chi connectivity index (χ4v) is 1.17. The van der Waals surface area contributed by atoms with E-state index in [1.165, 1.54) is 0 Å². The number of hydrogen-bond donors (Lipinski definition) is 1. The van der Waals surface area contributed by atoms with Crippen LogP contribution in [0.5, 0.6) is 0 Å². The first kappa shape index (κ1) is 12.1. The molecule has 0 bridgehead atoms. The molecule has 0 heterocycles. The summed E-state index contributed by atoms with van der Waals surface area (Å²) in [7, 11) is 0. The summed E-state index contributed by atoms with van der Waals surface area (Å²) in [4.78, 5) is 2.64. The molecule has 0 radical (unpaired) electrons. The highest BCUT2D eigenvalue weighted by Gasteiger charge is 2.00. The van der Waals surface area contributed by atoms with Gasteiger partial charge < -0.3 is 5.11 Å². The lowest BCUT2D eigenvalue weighted by molar-refractivity contribution is 0.238. The van der Waals surface area contributed by atoms with Gasteiger partial charge in [-0.15, -0.1) is 5.92 Å². The lowest BCUT2D eigenvalue weighted by Gasteiger charge is -2.01. The topological polar surface area (TPSA) is 69.0 Å². The van der Waals surface area contributed by atoms with Gasteiger partial charge in [0.05, 0.1) is 0 Å². The number of aliphatic hydroxyl groups is 1. The SMILES string of the molecule is [N-]=[N+]=NCCCC#CC(O)c1ccccc1. The highest BCUT2D eigenvalue weighted by Crippen LogP contribution is 2.10. The van der Waals surface area contributed by atoms with Crippen LogP contribution in [0.25, 0.3) is 10.4 Å². The van der Waals surface area contributed by atoms with E-state index in [0.717, 1.165) is 12.0 Å². The molecule has 0 aromatic heterocycles. The molecule has 0 spiro atoms. The van der Waals surface area contributed by atoms with Crippen LogP contribution in [0.3, 0.4) is 0 Å². The first-order valence-corrected chi connectivity index (χ1v) is 5.07. The quantitative estimate of drug-likeness (QED) is 0.271. The number of nitrogens with zero attached hydrogens (tertiary/aromatic N) is 3. The average molecular weight is 215 g/mol. The molecule has 0 saturated carbocycles. The number of azide groups is 1. The Morgan fingerprint density at radius 3 is 2.81 bits per heavy atom. The largest absolute Gasteiger partial charge is 0.376 e. The number of aliphatic hydroxyl groups excluding tert-OH is 1. The molecule has 0 amide bonds. The zero-order chi connectivity index (χ0) is 11.6. The average Bonchev–Trinajstić information content (AvgIpc) is 2.34. The van der Waals surface area contributed by atoms with Crippen LogP contribution in [-0.4, -0.2) is 11.7 Å². The Hall–Kier alpha value is -1.95. The Labute approximate surface area is 94.5 Å². The maximum atomic E-state index is 9.67. The van der Waals surface area contributed by atoms with Gasteiger partial charge in [0.2, 0.25) is 0 Å². The molecule has 16 heavy (non-hydrogen) atoms. The molecule has 1 atom stereocenters. The zero-order valence-corrected chi connectivity index (χ0v) is 8.87. The standard InChI is InChI=1S/C12H13N3O/c13-15-14-10-6-2-5-9-12(16)11-7-3-1-4-8-11/h1,3-4,7-8,12,16H,2,6,10H2. The molecule has 1 unspecified atom stereocenters. The van der Waals surface area contributed by atoms with Crippen molar-refractivity contribution < 1.29 is 5.11 Å². The summed E-state index contributed by atoms with van der Waals surface area (Å²) >= 11 is 0. The van der Waals surface area contributed by atoms with Crippen molar-refractivity contribution in [2.45, 2.75) is 18.9 Å². The second kappa shape index (κ2) is 7.36. The van der Waals surface area contributed by atoms with Crippen molar-refractivity contribution >= 4 is 0 Å². The second-order valence-corrected chi connectivity index (χ2v) is 3.19. The molecule has 1 N–H and O–H groups in total. The molecule has 0 saturated heterocycles. The minimum absolute atomic E-state index is 0.451. The smallest absolute Gasteiger partial charge is 0.140 e. The van der Waals surface area contributed by atoms with Gasteiger partial charge in [0.1, 0.15) is 6.10 Å². The Kier molecular flexibility index (Phi) is 5.57. The number of hydrogen-bond acceptors (Lipinski definition) is 2. The lowest BCUT2D eigenvalue weighted by atomic mass is 10.1. The summed E-state index contributed by atoms with van der Waals surface area (Å²) < 4.78 is 0. The molecule has 0 aliphatic heterocycles. The third kappa shape index (κ3) is 4.52. The number of benzene rings is 1. The van der Waals surface area contributed by atoms with E-state index in [-0.39, 0.29) is 0 Å². The maximum Gasteiger partial charge on any atom is 0.140 e. The fraction of sp³-hybridized carbons (Fsp3) is 0.333. The van der Waals surface area contributed by atoms with Crippen molar-refractivity contribution in [3.63, 3.8) is 0 Å². The third-order valence-electron chi connectivity index (χ3n) is 1.98. The van der Waals surface area contributed by atoms with Gasteiger partial charge in [-0.3, -0.25) is 0 Å². The van der Waals surface area contributed by atoms with Gasteiger partial charge in [-0.1, -0.05) is 41.4 Å². The minimum atomic E-state index is -0.735. The zero-order valence-electron chi connectivity index (χ0n) is 8.87. The van der Waals surface area contributed by atoms with E-state index < -0.39 is 6.10 Å². The minimum Gasteiger partial charge on any atom is -0.376 e. The van der Waals surface area contributed by atoms with Crippen LogP contribution in [0.2, 0.25) is 0 Å². The van der Waals surface area contributed by atoms with Gasteiger partial charge >= 0.3 is 0 Å². The van der Waals surface area contributed by atoms with Crippen molar-refractivity contribution in [3.05, 3.63) is 46.3 Å². The predicted octanol–water partition coefficient (Wildman–Crippen LogP) is 2.81. The van der Waals surface area contributed by atoms with Crippen LogP contribution in [-0.2, 0) is 0 Å². The van der Waals surface area contributed by atoms with Crippen molar-refractivity contribution in [1.29, 1.82) is 0 Å². The van der Waals surface area contributed by atoms with Crippen LogP contribution < -0.4 is 0 Å². The molecular weight excluding hydrogens is 202 g/mol. The monoisotopic (exact) mass is 215 g/mol. The van der Waals surface area contributed by atoms with Gasteiger partial charge in [-0.25, -0.2) is 0 Å². The molecular formula is C12H13N3O. The second-order valence-electron chi connectivity index (χ2n) is 3.19. The summed E-state index contributed by atoms with van der Waals surface area (Å²) in [6.07, 6.45) is 0.613. The fourth-order valence-electron chi connectivity index (χ4n) is 1.17. The number of rotatable bonds is 4. The van der Waals surface area contributed by atoms with Crippen molar-refractivity contribution in [2.75, 3.05) is 6.54 Å². The van der Waals surface area contributed by atoms with E-state index in [1.807, 2.05) is 30.3 Å². The Morgan fingerprint density at radius 1 is 1.38 bits per heavy atom. The molecule has 4 nitrogen and oxygen atoms in total. The molecule has 1 aromatic rings. The molecule has 4 heteroatoms. The van der Waals surface area contributed by atoms with Crippen LogP contribution in [0.4, 0.5) is 0 Å². The molecule has 1 aromatic carbocycles. The predicted molar refractivity (Wildman–Crippen MR) is 62.4 cm³/mol. The summed E-state index contributed by atoms with van der Waals surface area (Å²) in [5.74, 6) is 5.61. The normalized spacial score (nSPS) is 10.8. The van der Waals surface area contributed by atoms with Crippen molar-refractivity contribution in [1.82, 2.24) is 0 Å². The van der Waals surface area contributed by atoms with E-state index in [0.29, 0.717) is 13.0 Å². The van der Waals surface area contributed by atoms with Crippen LogP contribution in [0.15, 0.2) is 35.4 Å². The van der Waals surface area contributed by atoms with E-state index in [1.54, 1.807) is 0 Å². The molecule has 82 valence electrons. The number of unbranched alkanes of at least 4 members (excludes halogenated alkanes) is 1. The summed E-state index contributed by atoms with van der Waals surface area (Å²) in [5.41, 5.74) is 8.84. The maximum absolute atomic E-state index is 9.67. The summed E-state index contributed by atoms with van der Waals surface area (Å²) in [6.45, 7) is 0.451. The molecule has 0 aliphatic rings. The summed E-state index contributed by atoms with van der Waals surface area (Å²) in [6, 6.07) is 9.28. The van der Waals surface area contributed by atoms with Gasteiger partial charge in [-0.05, 0) is 17.5 Å². The first-order valence-electron chi connectivity index (χ1n) is 5.07. The Bertz CT molecular complexity index is 413. The molecule has 0 fully saturated rings. The van der Waals surface area contributed by atoms with Crippen LogP contribution in [0.1, 0.15) is 24.5 Å². The van der Waals surface area contributed by atoms with E-state index in [9.17, 15) is 5.11 Å². The lowest BCUT2D eigenvalue weighted by Crippen LogP contribution is -1.92. The highest BCUT2D eigenvalue weighted by molar-refractivity contribution is 5.24. The molecule has 0 aliphatic carbocycles. The first-order chi connectivity index (χ1) is 7.84. The van der Waals surface area contributed by atoms with E-state index in [2.05, 4.69) is 21.9 Å². The van der Waals surface area contributed by atoms with E-state index >= 15 is 0 Å². The third-order valence-corrected chi connectivity index (χ3v) is 1.98. The van der Waals surface area contributed by atoms with Crippen LogP contribution in [0, 0.1) is 11.8 Å². The van der Waals surface area contributed by atoms with E-state index in [4.69, 9.17) is 5.53 Å². The summed E-state index contributed by atoms with van der Waals surface area (Å²) in [5, 5.41) is 13.1. The van der Waals surface area contributed by atoms with Crippen LogP contribution >= 0.6 is 0 Å². The van der Waals surface area contributed by atoms with Gasteiger partial charge in [0.25, 0.3) is 0 Å². The van der Waals surface area contributed by atoms with Crippen molar-refractivity contribution in [3.8, 4) is 11.8 Å².